The first-order valence-electron chi connectivity index (χ1n) is 9.27. The quantitative estimate of drug-likeness (QED) is 0.840. The molecule has 1 amide bonds. The van der Waals surface area contributed by atoms with Crippen LogP contribution in [-0.2, 0) is 25.0 Å². The van der Waals surface area contributed by atoms with Gasteiger partial charge in [-0.25, -0.2) is 12.7 Å². The molecule has 0 saturated carbocycles. The molecule has 0 aromatic heterocycles. The summed E-state index contributed by atoms with van der Waals surface area (Å²) in [6.07, 6.45) is 4.18. The number of amides is 1. The molecule has 0 unspecified atom stereocenters. The Morgan fingerprint density at radius 2 is 1.81 bits per heavy atom. The first kappa shape index (κ1) is 19.3. The van der Waals surface area contributed by atoms with Crippen LogP contribution in [0.4, 0.5) is 0 Å². The minimum atomic E-state index is -3.16. The van der Waals surface area contributed by atoms with E-state index in [0.717, 1.165) is 12.8 Å². The molecule has 2 aliphatic rings. The summed E-state index contributed by atoms with van der Waals surface area (Å²) >= 11 is 0. The van der Waals surface area contributed by atoms with Crippen molar-refractivity contribution in [2.75, 3.05) is 39.1 Å². The normalized spacial score (nSPS) is 22.0. The number of nitrogens with one attached hydrogen (secondary N) is 1. The maximum Gasteiger partial charge on any atom is 0.223 e. The minimum absolute atomic E-state index is 0.0416. The molecule has 1 aromatic rings. The Morgan fingerprint density at radius 3 is 2.38 bits per heavy atom. The van der Waals surface area contributed by atoms with Crippen LogP contribution < -0.4 is 5.32 Å². The van der Waals surface area contributed by atoms with E-state index in [4.69, 9.17) is 4.74 Å². The van der Waals surface area contributed by atoms with Gasteiger partial charge in [-0.05, 0) is 31.2 Å². The second-order valence-corrected chi connectivity index (χ2v) is 9.40. The van der Waals surface area contributed by atoms with Crippen LogP contribution in [0.5, 0.6) is 0 Å². The molecule has 0 spiro atoms. The molecule has 2 saturated heterocycles. The van der Waals surface area contributed by atoms with Gasteiger partial charge < -0.3 is 10.1 Å². The van der Waals surface area contributed by atoms with Crippen molar-refractivity contribution in [1.82, 2.24) is 9.62 Å². The smallest absolute Gasteiger partial charge is 0.223 e. The lowest BCUT2D eigenvalue weighted by Crippen LogP contribution is -2.48. The van der Waals surface area contributed by atoms with Crippen molar-refractivity contribution in [3.63, 3.8) is 0 Å². The molecule has 6 nitrogen and oxygen atoms in total. The van der Waals surface area contributed by atoms with Crippen molar-refractivity contribution in [1.29, 1.82) is 0 Å². The van der Waals surface area contributed by atoms with Crippen LogP contribution in [0, 0.1) is 5.92 Å². The Morgan fingerprint density at radius 1 is 1.19 bits per heavy atom. The summed E-state index contributed by atoms with van der Waals surface area (Å²) in [5.41, 5.74) is 1.17. The molecule has 3 rings (SSSR count). The number of hydrogen-bond donors (Lipinski definition) is 1. The lowest BCUT2D eigenvalue weighted by Gasteiger charge is -2.38. The summed E-state index contributed by atoms with van der Waals surface area (Å²) in [6, 6.07) is 10.3. The second kappa shape index (κ2) is 8.06. The topological polar surface area (TPSA) is 75.7 Å². The van der Waals surface area contributed by atoms with Gasteiger partial charge in [0.25, 0.3) is 0 Å². The van der Waals surface area contributed by atoms with Crippen LogP contribution >= 0.6 is 0 Å². The van der Waals surface area contributed by atoms with E-state index in [1.54, 1.807) is 0 Å². The number of piperidine rings is 1. The molecular weight excluding hydrogens is 352 g/mol. The molecule has 2 fully saturated rings. The summed E-state index contributed by atoms with van der Waals surface area (Å²) in [7, 11) is -3.16. The molecule has 0 radical (unpaired) electrons. The Bertz CT molecular complexity index is 706. The van der Waals surface area contributed by atoms with Crippen LogP contribution in [0.3, 0.4) is 0 Å². The van der Waals surface area contributed by atoms with Crippen LogP contribution in [0.2, 0.25) is 0 Å². The fourth-order valence-corrected chi connectivity index (χ4v) is 4.85. The monoisotopic (exact) mass is 380 g/mol. The zero-order valence-corrected chi connectivity index (χ0v) is 16.1. The van der Waals surface area contributed by atoms with E-state index in [9.17, 15) is 13.2 Å². The molecule has 1 aromatic carbocycles. The highest BCUT2D eigenvalue weighted by molar-refractivity contribution is 7.88. The van der Waals surface area contributed by atoms with Gasteiger partial charge >= 0.3 is 0 Å². The predicted molar refractivity (Wildman–Crippen MR) is 100 cm³/mol. The van der Waals surface area contributed by atoms with Gasteiger partial charge in [-0.15, -0.1) is 0 Å². The molecule has 26 heavy (non-hydrogen) atoms. The summed E-state index contributed by atoms with van der Waals surface area (Å²) < 4.78 is 30.2. The van der Waals surface area contributed by atoms with Gasteiger partial charge in [-0.1, -0.05) is 30.3 Å². The van der Waals surface area contributed by atoms with Crippen molar-refractivity contribution in [2.45, 2.75) is 31.1 Å². The average Bonchev–Trinajstić information content (AvgIpc) is 2.67. The lowest BCUT2D eigenvalue weighted by molar-refractivity contribution is -0.126. The third-order valence-corrected chi connectivity index (χ3v) is 7.03. The number of carbonyl (C=O) groups excluding carboxylic acids is 1. The Labute approximate surface area is 156 Å². The minimum Gasteiger partial charge on any atom is -0.381 e. The number of ether oxygens (including phenoxy) is 1. The molecular formula is C19H28N2O4S. The molecule has 0 atom stereocenters. The van der Waals surface area contributed by atoms with Gasteiger partial charge in [0, 0.05) is 44.2 Å². The van der Waals surface area contributed by atoms with Crippen molar-refractivity contribution in [2.24, 2.45) is 5.92 Å². The summed E-state index contributed by atoms with van der Waals surface area (Å²) in [4.78, 5) is 12.7. The fourth-order valence-electron chi connectivity index (χ4n) is 3.97. The van der Waals surface area contributed by atoms with Crippen LogP contribution in [-0.4, -0.2) is 57.7 Å². The maximum absolute atomic E-state index is 12.7. The number of nitrogens with zero attached hydrogens (tertiary/aromatic N) is 1. The molecule has 0 aliphatic carbocycles. The number of carbonyl (C=O) groups is 1. The van der Waals surface area contributed by atoms with Crippen LogP contribution in [0.25, 0.3) is 0 Å². The van der Waals surface area contributed by atoms with Gasteiger partial charge in [0.15, 0.2) is 0 Å². The van der Waals surface area contributed by atoms with Gasteiger partial charge in [0.05, 0.1) is 6.26 Å². The zero-order chi connectivity index (χ0) is 18.6. The second-order valence-electron chi connectivity index (χ2n) is 7.41. The Hall–Kier alpha value is -1.44. The highest BCUT2D eigenvalue weighted by atomic mass is 32.2. The van der Waals surface area contributed by atoms with E-state index in [2.05, 4.69) is 17.4 Å². The van der Waals surface area contributed by atoms with E-state index in [1.165, 1.54) is 16.1 Å². The summed E-state index contributed by atoms with van der Waals surface area (Å²) in [6.45, 7) is 2.86. The van der Waals surface area contributed by atoms with Crippen molar-refractivity contribution >= 4 is 15.9 Å². The SMILES string of the molecule is CS(=O)(=O)N1CCC(C(=O)NCC2(c3ccccc3)CCOCC2)CC1. The predicted octanol–water partition coefficient (Wildman–Crippen LogP) is 1.52. The molecule has 2 heterocycles. The molecule has 2 aliphatic heterocycles. The van der Waals surface area contributed by atoms with Gasteiger partial charge in [0.1, 0.15) is 0 Å². The number of benzene rings is 1. The fraction of sp³-hybridized carbons (Fsp3) is 0.632. The lowest BCUT2D eigenvalue weighted by atomic mass is 9.74. The number of rotatable bonds is 5. The Balaban J connectivity index is 1.60. The van der Waals surface area contributed by atoms with Crippen molar-refractivity contribution in [3.8, 4) is 0 Å². The number of sulfonamides is 1. The Kier molecular flexibility index (Phi) is 5.99. The van der Waals surface area contributed by atoms with Crippen molar-refractivity contribution < 1.29 is 17.9 Å². The maximum atomic E-state index is 12.7. The first-order valence-corrected chi connectivity index (χ1v) is 11.1. The molecule has 0 bridgehead atoms. The van der Waals surface area contributed by atoms with Crippen molar-refractivity contribution in [3.05, 3.63) is 35.9 Å². The van der Waals surface area contributed by atoms with E-state index in [0.29, 0.717) is 45.7 Å². The zero-order valence-electron chi connectivity index (χ0n) is 15.3. The van der Waals surface area contributed by atoms with Gasteiger partial charge in [0.2, 0.25) is 15.9 Å². The standard InChI is InChI=1S/C19H28N2O4S/c1-26(23,24)21-11-7-16(8-12-21)18(22)20-15-19(9-13-25-14-10-19)17-5-3-2-4-6-17/h2-6,16H,7-15H2,1H3,(H,20,22). The van der Waals surface area contributed by atoms with E-state index >= 15 is 0 Å². The summed E-state index contributed by atoms with van der Waals surface area (Å²) in [5, 5.41) is 3.15. The summed E-state index contributed by atoms with van der Waals surface area (Å²) in [5.74, 6) is -0.0689. The average molecular weight is 381 g/mol. The molecule has 7 heteroatoms. The third kappa shape index (κ3) is 4.45. The van der Waals surface area contributed by atoms with Crippen LogP contribution in [0.1, 0.15) is 31.2 Å². The van der Waals surface area contributed by atoms with E-state index in [1.807, 2.05) is 18.2 Å². The van der Waals surface area contributed by atoms with Crippen LogP contribution in [0.15, 0.2) is 30.3 Å². The first-order chi connectivity index (χ1) is 12.4. The number of hydrogen-bond acceptors (Lipinski definition) is 4. The third-order valence-electron chi connectivity index (χ3n) is 5.73. The van der Waals surface area contributed by atoms with Gasteiger partial charge in [-0.2, -0.15) is 0 Å². The van der Waals surface area contributed by atoms with Gasteiger partial charge in [-0.3, -0.25) is 4.79 Å². The largest absolute Gasteiger partial charge is 0.381 e. The highest BCUT2D eigenvalue weighted by Gasteiger charge is 2.36. The molecule has 144 valence electrons. The van der Waals surface area contributed by atoms with E-state index in [-0.39, 0.29) is 17.2 Å². The highest BCUT2D eigenvalue weighted by Crippen LogP contribution is 2.34. The van der Waals surface area contributed by atoms with E-state index < -0.39 is 10.0 Å². The molecule has 1 N–H and O–H groups in total.